The summed E-state index contributed by atoms with van der Waals surface area (Å²) in [6.07, 6.45) is 10.7. The molecule has 0 amide bonds. The Morgan fingerprint density at radius 3 is 0.645 bits per heavy atom. The van der Waals surface area contributed by atoms with Gasteiger partial charge >= 0.3 is 0 Å². The number of carbonyl (C=O) groups excluding carboxylic acids is 1. The zero-order valence-electron chi connectivity index (χ0n) is 23.0. The second kappa shape index (κ2) is 25.6. The molecule has 5 nitrogen and oxygen atoms in total. The Bertz CT molecular complexity index is 272. The molecule has 0 aliphatic carbocycles. The van der Waals surface area contributed by atoms with Crippen LogP contribution in [-0.2, 0) is 4.79 Å². The smallest absolute Gasteiger partial charge is 0.0783 e. The molecule has 0 bridgehead atoms. The minimum Gasteiger partial charge on any atom is -0.870 e. The van der Waals surface area contributed by atoms with Crippen molar-refractivity contribution in [2.24, 2.45) is 0 Å². The van der Waals surface area contributed by atoms with Gasteiger partial charge < -0.3 is 24.3 Å². The van der Waals surface area contributed by atoms with Crippen molar-refractivity contribution in [3.8, 4) is 0 Å². The number of hydrogen-bond donors (Lipinski definition) is 0. The van der Waals surface area contributed by atoms with E-state index in [9.17, 15) is 0 Å². The third-order valence-corrected chi connectivity index (χ3v) is 5.58. The summed E-state index contributed by atoms with van der Waals surface area (Å²) in [7, 11) is 0. The number of aliphatic carboxylic acids is 1. The summed E-state index contributed by atoms with van der Waals surface area (Å²) in [5.74, 6) is -1.08. The molecule has 0 unspecified atom stereocenters. The summed E-state index contributed by atoms with van der Waals surface area (Å²) >= 11 is 0. The van der Waals surface area contributed by atoms with Crippen molar-refractivity contribution in [3.63, 3.8) is 0 Å². The Morgan fingerprint density at radius 2 is 0.581 bits per heavy atom. The van der Waals surface area contributed by atoms with Gasteiger partial charge in [-0.3, -0.25) is 0 Å². The zero-order chi connectivity index (χ0) is 23.9. The van der Waals surface area contributed by atoms with Gasteiger partial charge in [-0.2, -0.15) is 0 Å². The fourth-order valence-corrected chi connectivity index (χ4v) is 5.14. The van der Waals surface area contributed by atoms with E-state index in [1.165, 1.54) is 113 Å². The minimum atomic E-state index is -1.08. The summed E-state index contributed by atoms with van der Waals surface area (Å²) in [5, 5.41) is 8.89. The van der Waals surface area contributed by atoms with Crippen LogP contribution in [0.1, 0.15) is 114 Å². The first-order valence-electron chi connectivity index (χ1n) is 13.1. The van der Waals surface area contributed by atoms with Gasteiger partial charge in [0.25, 0.3) is 0 Å². The van der Waals surface area contributed by atoms with E-state index in [1.807, 2.05) is 0 Å². The topological polar surface area (TPSA) is 70.1 Å². The highest BCUT2D eigenvalue weighted by Crippen LogP contribution is 2.13. The van der Waals surface area contributed by atoms with E-state index in [2.05, 4.69) is 55.4 Å². The van der Waals surface area contributed by atoms with Gasteiger partial charge in [-0.25, -0.2) is 0 Å². The van der Waals surface area contributed by atoms with Crippen LogP contribution in [0, 0.1) is 0 Å². The molecule has 192 valence electrons. The van der Waals surface area contributed by atoms with Crippen LogP contribution in [0.2, 0.25) is 0 Å². The van der Waals surface area contributed by atoms with E-state index in [4.69, 9.17) is 9.90 Å². The van der Waals surface area contributed by atoms with E-state index < -0.39 is 5.97 Å². The fraction of sp³-hybridized carbons (Fsp3) is 0.962. The standard InChI is InChI=1S/2C12H28N.C2H4O2.H2O/c2*1-5-9-13(10-6-2,11-7-3)12-8-4;1-2(3)4;/h2*5-12H2,1-4H3;1H3,(H,3,4);1H2/q2*+1;;/p-2. The first-order chi connectivity index (χ1) is 14.2. The lowest BCUT2D eigenvalue weighted by atomic mass is 10.2. The number of carbonyl (C=O) groups is 1. The Kier molecular flexibility index (Phi) is 31.1. The van der Waals surface area contributed by atoms with E-state index in [0.29, 0.717) is 0 Å². The lowest BCUT2D eigenvalue weighted by Gasteiger charge is -2.38. The predicted octanol–water partition coefficient (Wildman–Crippen LogP) is 5.47. The van der Waals surface area contributed by atoms with Crippen LogP contribution in [-0.4, -0.2) is 72.8 Å². The van der Waals surface area contributed by atoms with Crippen LogP contribution < -0.4 is 5.11 Å². The van der Waals surface area contributed by atoms with Crippen LogP contribution in [0.15, 0.2) is 0 Å². The summed E-state index contributed by atoms with van der Waals surface area (Å²) in [6.45, 7) is 30.6. The third-order valence-electron chi connectivity index (χ3n) is 5.58. The third kappa shape index (κ3) is 22.3. The molecule has 0 aromatic heterocycles. The number of rotatable bonds is 16. The Balaban J connectivity index is -0.000000195. The number of quaternary nitrogens is 2. The summed E-state index contributed by atoms with van der Waals surface area (Å²) in [5.41, 5.74) is 0. The molecule has 0 rings (SSSR count). The highest BCUT2D eigenvalue weighted by atomic mass is 16.4. The molecule has 0 aliphatic rings. The quantitative estimate of drug-likeness (QED) is 0.294. The van der Waals surface area contributed by atoms with Gasteiger partial charge in [0.1, 0.15) is 0 Å². The first-order valence-corrected chi connectivity index (χ1v) is 13.1. The van der Waals surface area contributed by atoms with Crippen LogP contribution >= 0.6 is 0 Å². The largest absolute Gasteiger partial charge is 0.870 e. The van der Waals surface area contributed by atoms with Crippen molar-refractivity contribution in [1.29, 1.82) is 0 Å². The van der Waals surface area contributed by atoms with E-state index in [0.717, 1.165) is 6.92 Å². The second-order valence-electron chi connectivity index (χ2n) is 8.96. The van der Waals surface area contributed by atoms with E-state index in [-0.39, 0.29) is 5.48 Å². The van der Waals surface area contributed by atoms with Crippen molar-refractivity contribution in [3.05, 3.63) is 0 Å². The van der Waals surface area contributed by atoms with Gasteiger partial charge in [0.15, 0.2) is 0 Å². The number of nitrogens with zero attached hydrogens (tertiary/aromatic N) is 2. The SMILES string of the molecule is CC(=O)[O-].CCC[N+](CCC)(CCC)CCC.CCC[N+](CCC)(CCC)CCC.[OH-]. The van der Waals surface area contributed by atoms with Crippen LogP contribution in [0.5, 0.6) is 0 Å². The van der Waals surface area contributed by atoms with Crippen molar-refractivity contribution in [2.45, 2.75) is 114 Å². The maximum Gasteiger partial charge on any atom is 0.0783 e. The Labute approximate surface area is 196 Å². The molecule has 0 aromatic rings. The molecular formula is C26H60N2O3. The lowest BCUT2D eigenvalue weighted by molar-refractivity contribution is -0.928. The van der Waals surface area contributed by atoms with Gasteiger partial charge in [-0.05, 0) is 58.3 Å². The molecule has 0 heterocycles. The lowest BCUT2D eigenvalue weighted by Crippen LogP contribution is -2.50. The van der Waals surface area contributed by atoms with Gasteiger partial charge in [0, 0.05) is 5.97 Å². The van der Waals surface area contributed by atoms with Crippen LogP contribution in [0.25, 0.3) is 0 Å². The number of carboxylic acids is 1. The summed E-state index contributed by atoms with van der Waals surface area (Å²) in [4.78, 5) is 8.89. The molecular weight excluding hydrogens is 388 g/mol. The van der Waals surface area contributed by atoms with Gasteiger partial charge in [-0.15, -0.1) is 0 Å². The van der Waals surface area contributed by atoms with Crippen molar-refractivity contribution in [2.75, 3.05) is 52.4 Å². The highest BCUT2D eigenvalue weighted by molar-refractivity contribution is 5.60. The molecule has 1 N–H and O–H groups in total. The zero-order valence-corrected chi connectivity index (χ0v) is 23.0. The van der Waals surface area contributed by atoms with Gasteiger partial charge in [0.05, 0.1) is 52.4 Å². The molecule has 0 saturated heterocycles. The normalized spacial score (nSPS) is 10.9. The molecule has 0 aliphatic heterocycles. The Hall–Kier alpha value is -0.650. The molecule has 5 heteroatoms. The number of hydrogen-bond acceptors (Lipinski definition) is 3. The molecule has 0 spiro atoms. The molecule has 0 atom stereocenters. The Morgan fingerprint density at radius 1 is 0.484 bits per heavy atom. The van der Waals surface area contributed by atoms with Crippen molar-refractivity contribution in [1.82, 2.24) is 0 Å². The first kappa shape index (κ1) is 37.7. The fourth-order valence-electron chi connectivity index (χ4n) is 5.14. The minimum absolute atomic E-state index is 0. The second-order valence-corrected chi connectivity index (χ2v) is 8.96. The number of carboxylic acid groups (broad SMARTS) is 1. The molecule has 31 heavy (non-hydrogen) atoms. The molecule has 0 radical (unpaired) electrons. The summed E-state index contributed by atoms with van der Waals surface area (Å²) < 4.78 is 2.75. The molecule has 0 aromatic carbocycles. The summed E-state index contributed by atoms with van der Waals surface area (Å²) in [6, 6.07) is 0. The van der Waals surface area contributed by atoms with Crippen molar-refractivity contribution >= 4 is 5.97 Å². The predicted molar refractivity (Wildman–Crippen MR) is 134 cm³/mol. The van der Waals surface area contributed by atoms with Crippen LogP contribution in [0.3, 0.4) is 0 Å². The average molecular weight is 449 g/mol. The molecule has 0 saturated carbocycles. The highest BCUT2D eigenvalue weighted by Gasteiger charge is 2.23. The van der Waals surface area contributed by atoms with Gasteiger partial charge in [-0.1, -0.05) is 55.4 Å². The maximum atomic E-state index is 8.89. The van der Waals surface area contributed by atoms with Crippen molar-refractivity contribution < 1.29 is 24.3 Å². The van der Waals surface area contributed by atoms with Crippen LogP contribution in [0.4, 0.5) is 0 Å². The molecule has 0 fully saturated rings. The monoisotopic (exact) mass is 448 g/mol. The average Bonchev–Trinajstić information content (AvgIpc) is 2.64. The van der Waals surface area contributed by atoms with Gasteiger partial charge in [0.2, 0.25) is 0 Å². The maximum absolute atomic E-state index is 8.89. The van der Waals surface area contributed by atoms with E-state index in [1.54, 1.807) is 0 Å². The van der Waals surface area contributed by atoms with E-state index >= 15 is 0 Å².